The minimum absolute atomic E-state index is 0.00351. The maximum absolute atomic E-state index is 13.2. The highest BCUT2D eigenvalue weighted by Gasteiger charge is 2.38. The van der Waals surface area contributed by atoms with Gasteiger partial charge in [0.15, 0.2) is 0 Å². The number of halogens is 6. The summed E-state index contributed by atoms with van der Waals surface area (Å²) in [6.07, 6.45) is -9.07. The third-order valence-corrected chi connectivity index (χ3v) is 4.94. The summed E-state index contributed by atoms with van der Waals surface area (Å²) in [4.78, 5) is 14.1. The van der Waals surface area contributed by atoms with Crippen molar-refractivity contribution in [3.8, 4) is 5.75 Å². The lowest BCUT2D eigenvalue weighted by molar-refractivity contribution is -0.143. The second kappa shape index (κ2) is 10.6. The average Bonchev–Trinajstić information content (AvgIpc) is 2.71. The first-order valence-electron chi connectivity index (χ1n) is 9.66. The molecule has 0 aliphatic carbocycles. The lowest BCUT2D eigenvalue weighted by Crippen LogP contribution is -2.32. The number of alkyl halides is 6. The van der Waals surface area contributed by atoms with Crippen molar-refractivity contribution < 1.29 is 48.5 Å². The van der Waals surface area contributed by atoms with Gasteiger partial charge in [0.25, 0.3) is 5.91 Å². The summed E-state index contributed by atoms with van der Waals surface area (Å²) >= 11 is 0. The standard InChI is InChI=1S/C21H21F6NO5S/c1-32-9-3-8-28(13-14-4-6-18(7-5-14)33-34(2,30)31)19(29)15-10-16(20(22,23)24)12-17(11-15)21(25,26)27/h4-7,10-12H,3,8-9,13H2,1-2H3. The smallest absolute Gasteiger partial charge is 0.385 e. The van der Waals surface area contributed by atoms with E-state index >= 15 is 0 Å². The second-order valence-electron chi connectivity index (χ2n) is 7.30. The van der Waals surface area contributed by atoms with Crippen molar-refractivity contribution in [2.45, 2.75) is 25.3 Å². The van der Waals surface area contributed by atoms with Crippen LogP contribution in [-0.2, 0) is 33.8 Å². The second-order valence-corrected chi connectivity index (χ2v) is 8.87. The molecule has 0 unspecified atom stereocenters. The zero-order valence-electron chi connectivity index (χ0n) is 18.0. The number of methoxy groups -OCH3 is 1. The number of hydrogen-bond acceptors (Lipinski definition) is 5. The van der Waals surface area contributed by atoms with Crippen molar-refractivity contribution >= 4 is 16.0 Å². The van der Waals surface area contributed by atoms with Crippen LogP contribution in [0.15, 0.2) is 42.5 Å². The molecule has 0 saturated heterocycles. The van der Waals surface area contributed by atoms with Gasteiger partial charge in [0.05, 0.1) is 17.4 Å². The third kappa shape index (κ3) is 8.20. The van der Waals surface area contributed by atoms with Gasteiger partial charge < -0.3 is 13.8 Å². The van der Waals surface area contributed by atoms with Gasteiger partial charge in [-0.1, -0.05) is 12.1 Å². The maximum Gasteiger partial charge on any atom is 0.416 e. The number of amides is 1. The van der Waals surface area contributed by atoms with Gasteiger partial charge in [-0.25, -0.2) is 0 Å². The van der Waals surface area contributed by atoms with Crippen molar-refractivity contribution in [3.63, 3.8) is 0 Å². The molecule has 0 atom stereocenters. The van der Waals surface area contributed by atoms with Crippen LogP contribution in [0.25, 0.3) is 0 Å². The SMILES string of the molecule is COCCCN(Cc1ccc(OS(C)(=O)=O)cc1)C(=O)c1cc(C(F)(F)F)cc(C(F)(F)F)c1. The number of nitrogens with zero attached hydrogens (tertiary/aromatic N) is 1. The minimum Gasteiger partial charge on any atom is -0.385 e. The number of rotatable bonds is 9. The summed E-state index contributed by atoms with van der Waals surface area (Å²) in [6, 6.07) is 6.16. The van der Waals surface area contributed by atoms with Crippen LogP contribution in [0.1, 0.15) is 33.5 Å². The molecule has 2 aromatic rings. The summed E-state index contributed by atoms with van der Waals surface area (Å²) in [5.41, 5.74) is -3.51. The Balaban J connectivity index is 2.39. The first-order valence-corrected chi connectivity index (χ1v) is 11.5. The van der Waals surface area contributed by atoms with E-state index in [0.717, 1.165) is 11.2 Å². The Labute approximate surface area is 192 Å². The Morgan fingerprint density at radius 3 is 1.91 bits per heavy atom. The van der Waals surface area contributed by atoms with E-state index in [-0.39, 0.29) is 37.9 Å². The molecule has 1 amide bonds. The molecule has 0 aliphatic rings. The van der Waals surface area contributed by atoms with Crippen LogP contribution < -0.4 is 4.18 Å². The largest absolute Gasteiger partial charge is 0.416 e. The first-order chi connectivity index (χ1) is 15.6. The van der Waals surface area contributed by atoms with E-state index < -0.39 is 45.1 Å². The molecule has 2 aromatic carbocycles. The number of benzene rings is 2. The summed E-state index contributed by atoms with van der Waals surface area (Å²) in [5.74, 6) is -1.04. The molecule has 34 heavy (non-hydrogen) atoms. The summed E-state index contributed by atoms with van der Waals surface area (Å²) in [5, 5.41) is 0. The number of hydrogen-bond donors (Lipinski definition) is 0. The van der Waals surface area contributed by atoms with Crippen molar-refractivity contribution in [1.82, 2.24) is 4.90 Å². The molecule has 0 heterocycles. The molecule has 13 heteroatoms. The Morgan fingerprint density at radius 2 is 1.47 bits per heavy atom. The molecule has 0 aromatic heterocycles. The van der Waals surface area contributed by atoms with Crippen molar-refractivity contribution in [2.75, 3.05) is 26.5 Å². The fourth-order valence-corrected chi connectivity index (χ4v) is 3.42. The predicted molar refractivity (Wildman–Crippen MR) is 110 cm³/mol. The zero-order chi connectivity index (χ0) is 25.7. The van der Waals surface area contributed by atoms with Gasteiger partial charge in [0, 0.05) is 32.4 Å². The average molecular weight is 513 g/mol. The van der Waals surface area contributed by atoms with Gasteiger partial charge in [0.1, 0.15) is 5.75 Å². The van der Waals surface area contributed by atoms with E-state index in [1.165, 1.54) is 31.4 Å². The highest BCUT2D eigenvalue weighted by Crippen LogP contribution is 2.36. The van der Waals surface area contributed by atoms with Crippen molar-refractivity contribution in [1.29, 1.82) is 0 Å². The van der Waals surface area contributed by atoms with Crippen LogP contribution >= 0.6 is 0 Å². The topological polar surface area (TPSA) is 72.9 Å². The minimum atomic E-state index is -5.09. The molecule has 188 valence electrons. The summed E-state index contributed by atoms with van der Waals surface area (Å²) in [7, 11) is -2.37. The molecular weight excluding hydrogens is 492 g/mol. The normalized spacial score (nSPS) is 12.5. The number of carbonyl (C=O) groups is 1. The Hall–Kier alpha value is -2.80. The van der Waals surface area contributed by atoms with E-state index in [2.05, 4.69) is 0 Å². The van der Waals surface area contributed by atoms with E-state index in [1.54, 1.807) is 0 Å². The quantitative estimate of drug-likeness (QED) is 0.275. The van der Waals surface area contributed by atoms with Gasteiger partial charge in [-0.3, -0.25) is 4.79 Å². The summed E-state index contributed by atoms with van der Waals surface area (Å²) < 4.78 is 111. The molecule has 0 saturated carbocycles. The van der Waals surface area contributed by atoms with Gasteiger partial charge in [-0.2, -0.15) is 34.8 Å². The van der Waals surface area contributed by atoms with Crippen molar-refractivity contribution in [2.24, 2.45) is 0 Å². The fourth-order valence-electron chi connectivity index (χ4n) is 2.96. The fraction of sp³-hybridized carbons (Fsp3) is 0.381. The van der Waals surface area contributed by atoms with Crippen LogP contribution in [0.5, 0.6) is 5.75 Å². The molecule has 0 spiro atoms. The lowest BCUT2D eigenvalue weighted by Gasteiger charge is -2.24. The Kier molecular flexibility index (Phi) is 8.59. The molecule has 0 radical (unpaired) electrons. The molecule has 0 bridgehead atoms. The number of ether oxygens (including phenoxy) is 1. The van der Waals surface area contributed by atoms with Crippen LogP contribution in [0, 0.1) is 0 Å². The van der Waals surface area contributed by atoms with Gasteiger partial charge in [-0.05, 0) is 42.3 Å². The van der Waals surface area contributed by atoms with Crippen LogP contribution in [-0.4, -0.2) is 45.7 Å². The highest BCUT2D eigenvalue weighted by atomic mass is 32.2. The first kappa shape index (κ1) is 27.4. The molecule has 0 fully saturated rings. The van der Waals surface area contributed by atoms with E-state index in [0.29, 0.717) is 17.7 Å². The third-order valence-electron chi connectivity index (χ3n) is 4.44. The van der Waals surface area contributed by atoms with Gasteiger partial charge >= 0.3 is 22.5 Å². The molecule has 0 aliphatic heterocycles. The van der Waals surface area contributed by atoms with Crippen LogP contribution in [0.3, 0.4) is 0 Å². The zero-order valence-corrected chi connectivity index (χ0v) is 18.9. The molecule has 6 nitrogen and oxygen atoms in total. The van der Waals surface area contributed by atoms with E-state index in [4.69, 9.17) is 8.92 Å². The lowest BCUT2D eigenvalue weighted by atomic mass is 10.0. The van der Waals surface area contributed by atoms with Crippen LogP contribution in [0.2, 0.25) is 0 Å². The van der Waals surface area contributed by atoms with E-state index in [1.807, 2.05) is 0 Å². The summed E-state index contributed by atoms with van der Waals surface area (Å²) in [6.45, 7) is 0.00642. The van der Waals surface area contributed by atoms with Gasteiger partial charge in [0.2, 0.25) is 0 Å². The maximum atomic E-state index is 13.2. The highest BCUT2D eigenvalue weighted by molar-refractivity contribution is 7.86. The van der Waals surface area contributed by atoms with Crippen molar-refractivity contribution in [3.05, 3.63) is 64.7 Å². The Bertz CT molecular complexity index is 1070. The predicted octanol–water partition coefficient (Wildman–Crippen LogP) is 4.74. The molecule has 2 rings (SSSR count). The van der Waals surface area contributed by atoms with Gasteiger partial charge in [-0.15, -0.1) is 0 Å². The molecular formula is C21H21F6NO5S. The Morgan fingerprint density at radius 1 is 0.941 bits per heavy atom. The number of carbonyl (C=O) groups excluding carboxylic acids is 1. The monoisotopic (exact) mass is 513 g/mol. The molecule has 0 N–H and O–H groups in total. The van der Waals surface area contributed by atoms with E-state index in [9.17, 15) is 39.6 Å². The van der Waals surface area contributed by atoms with Crippen LogP contribution in [0.4, 0.5) is 26.3 Å².